The van der Waals surface area contributed by atoms with Crippen LogP contribution in [0.3, 0.4) is 0 Å². The molecule has 0 spiro atoms. The first-order valence-electron chi connectivity index (χ1n) is 4.97. The summed E-state index contributed by atoms with van der Waals surface area (Å²) in [6.07, 6.45) is 4.82. The molecule has 0 amide bonds. The Bertz CT molecular complexity index is 699. The third-order valence-electron chi connectivity index (χ3n) is 2.56. The van der Waals surface area contributed by atoms with Crippen LogP contribution >= 0.6 is 15.9 Å². The van der Waals surface area contributed by atoms with E-state index in [0.29, 0.717) is 21.4 Å². The Labute approximate surface area is 105 Å². The first kappa shape index (κ1) is 10.3. The van der Waals surface area contributed by atoms with Crippen molar-refractivity contribution in [3.8, 4) is 0 Å². The van der Waals surface area contributed by atoms with Gasteiger partial charge in [0.2, 0.25) is 0 Å². The van der Waals surface area contributed by atoms with E-state index in [9.17, 15) is 4.79 Å². The highest BCUT2D eigenvalue weighted by molar-refractivity contribution is 9.10. The second kappa shape index (κ2) is 3.85. The molecule has 0 atom stereocenters. The van der Waals surface area contributed by atoms with Gasteiger partial charge in [0.05, 0.1) is 11.8 Å². The lowest BCUT2D eigenvalue weighted by Gasteiger charge is -1.96. The van der Waals surface area contributed by atoms with Crippen LogP contribution in [0.25, 0.3) is 11.0 Å². The molecule has 0 fully saturated rings. The Kier molecular flexibility index (Phi) is 2.33. The Morgan fingerprint density at radius 2 is 2.24 bits per heavy atom. The van der Waals surface area contributed by atoms with Crippen LogP contribution in [0.5, 0.6) is 0 Å². The number of hydrogen-bond acceptors (Lipinski definition) is 3. The van der Waals surface area contributed by atoms with Gasteiger partial charge in [-0.2, -0.15) is 0 Å². The summed E-state index contributed by atoms with van der Waals surface area (Å²) < 4.78 is 5.51. The average Bonchev–Trinajstić information content (AvgIpc) is 2.94. The number of fused-ring (bicyclic) bond motifs is 1. The van der Waals surface area contributed by atoms with Crippen LogP contribution < -0.4 is 0 Å². The lowest BCUT2D eigenvalue weighted by Crippen LogP contribution is -1.99. The molecule has 3 rings (SSSR count). The van der Waals surface area contributed by atoms with Crippen molar-refractivity contribution in [3.63, 3.8) is 0 Å². The van der Waals surface area contributed by atoms with E-state index in [1.54, 1.807) is 24.5 Å². The molecule has 0 aliphatic heterocycles. The molecule has 3 heterocycles. The van der Waals surface area contributed by atoms with Crippen LogP contribution in [-0.4, -0.2) is 15.8 Å². The minimum absolute atomic E-state index is 0.0927. The number of H-pyrrole nitrogens is 1. The van der Waals surface area contributed by atoms with Gasteiger partial charge < -0.3 is 9.40 Å². The largest absolute Gasteiger partial charge is 0.457 e. The fraction of sp³-hybridized carbons (Fsp3) is 0. The third kappa shape index (κ3) is 1.59. The van der Waals surface area contributed by atoms with E-state index in [1.165, 1.54) is 6.26 Å². The average molecular weight is 291 g/mol. The molecule has 5 heteroatoms. The Morgan fingerprint density at radius 3 is 3.00 bits per heavy atom. The second-order valence-electron chi connectivity index (χ2n) is 3.54. The number of pyridine rings is 1. The molecular formula is C12H7BrN2O2. The van der Waals surface area contributed by atoms with E-state index in [-0.39, 0.29) is 5.78 Å². The minimum Gasteiger partial charge on any atom is -0.457 e. The van der Waals surface area contributed by atoms with Crippen molar-refractivity contribution in [2.24, 2.45) is 0 Å². The SMILES string of the molecule is O=C(c1ccoc1Br)c1c[nH]c2ncccc12. The molecule has 0 bridgehead atoms. The highest BCUT2D eigenvalue weighted by atomic mass is 79.9. The summed E-state index contributed by atoms with van der Waals surface area (Å²) in [7, 11) is 0. The molecule has 0 aliphatic rings. The number of hydrogen-bond donors (Lipinski definition) is 1. The number of aromatic nitrogens is 2. The zero-order chi connectivity index (χ0) is 11.8. The molecule has 84 valence electrons. The molecule has 17 heavy (non-hydrogen) atoms. The van der Waals surface area contributed by atoms with Gasteiger partial charge in [0, 0.05) is 23.3 Å². The summed E-state index contributed by atoms with van der Waals surface area (Å²) in [5.41, 5.74) is 1.81. The van der Waals surface area contributed by atoms with Gasteiger partial charge in [-0.15, -0.1) is 0 Å². The highest BCUT2D eigenvalue weighted by Gasteiger charge is 2.18. The van der Waals surface area contributed by atoms with E-state index >= 15 is 0 Å². The number of ketones is 1. The van der Waals surface area contributed by atoms with Gasteiger partial charge in [0.15, 0.2) is 10.5 Å². The molecule has 0 aromatic carbocycles. The van der Waals surface area contributed by atoms with Gasteiger partial charge in [-0.25, -0.2) is 4.98 Å². The Hall–Kier alpha value is -1.88. The number of furan rings is 1. The van der Waals surface area contributed by atoms with Crippen LogP contribution in [0.2, 0.25) is 0 Å². The fourth-order valence-corrected chi connectivity index (χ4v) is 2.16. The number of halogens is 1. The maximum absolute atomic E-state index is 12.3. The number of nitrogens with zero attached hydrogens (tertiary/aromatic N) is 1. The predicted molar refractivity (Wildman–Crippen MR) is 65.9 cm³/mol. The molecule has 1 N–H and O–H groups in total. The zero-order valence-electron chi connectivity index (χ0n) is 8.61. The topological polar surface area (TPSA) is 58.9 Å². The number of carbonyl (C=O) groups is 1. The molecule has 0 radical (unpaired) electrons. The van der Waals surface area contributed by atoms with E-state index < -0.39 is 0 Å². The monoisotopic (exact) mass is 290 g/mol. The van der Waals surface area contributed by atoms with Crippen LogP contribution in [0.1, 0.15) is 15.9 Å². The van der Waals surface area contributed by atoms with Crippen molar-refractivity contribution >= 4 is 32.7 Å². The van der Waals surface area contributed by atoms with Crippen molar-refractivity contribution in [2.45, 2.75) is 0 Å². The third-order valence-corrected chi connectivity index (χ3v) is 3.17. The molecular weight excluding hydrogens is 284 g/mol. The van der Waals surface area contributed by atoms with Crippen LogP contribution in [0.15, 0.2) is 45.9 Å². The lowest BCUT2D eigenvalue weighted by atomic mass is 10.1. The molecule has 4 nitrogen and oxygen atoms in total. The molecule has 0 saturated carbocycles. The summed E-state index contributed by atoms with van der Waals surface area (Å²) >= 11 is 3.20. The predicted octanol–water partition coefficient (Wildman–Crippen LogP) is 3.15. The maximum atomic E-state index is 12.3. The molecule has 3 aromatic rings. The van der Waals surface area contributed by atoms with Gasteiger partial charge in [0.25, 0.3) is 0 Å². The molecule has 3 aromatic heterocycles. The summed E-state index contributed by atoms with van der Waals surface area (Å²) in [4.78, 5) is 19.4. The van der Waals surface area contributed by atoms with Gasteiger partial charge in [-0.3, -0.25) is 4.79 Å². The van der Waals surface area contributed by atoms with Gasteiger partial charge in [-0.05, 0) is 34.1 Å². The van der Waals surface area contributed by atoms with E-state index in [1.807, 2.05) is 6.07 Å². The van der Waals surface area contributed by atoms with Crippen molar-refractivity contribution in [1.82, 2.24) is 9.97 Å². The molecule has 0 saturated heterocycles. The van der Waals surface area contributed by atoms with E-state index in [4.69, 9.17) is 4.42 Å². The molecule has 0 unspecified atom stereocenters. The summed E-state index contributed by atoms with van der Waals surface area (Å²) in [6, 6.07) is 5.30. The summed E-state index contributed by atoms with van der Waals surface area (Å²) in [5, 5.41) is 0.811. The molecule has 0 aliphatic carbocycles. The fourth-order valence-electron chi connectivity index (χ4n) is 1.74. The van der Waals surface area contributed by atoms with Crippen molar-refractivity contribution in [3.05, 3.63) is 52.7 Å². The van der Waals surface area contributed by atoms with Crippen molar-refractivity contribution in [2.75, 3.05) is 0 Å². The standard InChI is InChI=1S/C12H7BrN2O2/c13-11-8(3-5-17-11)10(16)9-6-15-12-7(9)2-1-4-14-12/h1-6H,(H,14,15). The van der Waals surface area contributed by atoms with Crippen LogP contribution in [0, 0.1) is 0 Å². The Balaban J connectivity index is 2.17. The van der Waals surface area contributed by atoms with Crippen molar-refractivity contribution < 1.29 is 9.21 Å². The number of aromatic amines is 1. The van der Waals surface area contributed by atoms with E-state index in [0.717, 1.165) is 5.39 Å². The highest BCUT2D eigenvalue weighted by Crippen LogP contribution is 2.24. The van der Waals surface area contributed by atoms with Gasteiger partial charge in [0.1, 0.15) is 5.65 Å². The van der Waals surface area contributed by atoms with Crippen molar-refractivity contribution in [1.29, 1.82) is 0 Å². The van der Waals surface area contributed by atoms with Gasteiger partial charge in [-0.1, -0.05) is 0 Å². The Morgan fingerprint density at radius 1 is 1.35 bits per heavy atom. The summed E-state index contributed by atoms with van der Waals surface area (Å²) in [6.45, 7) is 0. The maximum Gasteiger partial charge on any atom is 0.199 e. The van der Waals surface area contributed by atoms with Crippen LogP contribution in [-0.2, 0) is 0 Å². The lowest BCUT2D eigenvalue weighted by molar-refractivity contribution is 0.103. The normalized spacial score (nSPS) is 10.9. The number of rotatable bonds is 2. The number of nitrogens with one attached hydrogen (secondary N) is 1. The zero-order valence-corrected chi connectivity index (χ0v) is 10.2. The first-order valence-corrected chi connectivity index (χ1v) is 5.76. The van der Waals surface area contributed by atoms with Gasteiger partial charge >= 0.3 is 0 Å². The first-order chi connectivity index (χ1) is 8.27. The minimum atomic E-state index is -0.0927. The second-order valence-corrected chi connectivity index (χ2v) is 4.26. The quantitative estimate of drug-likeness (QED) is 0.738. The number of carbonyl (C=O) groups excluding carboxylic acids is 1. The van der Waals surface area contributed by atoms with Crippen LogP contribution in [0.4, 0.5) is 0 Å². The smallest absolute Gasteiger partial charge is 0.199 e. The summed E-state index contributed by atoms with van der Waals surface area (Å²) in [5.74, 6) is -0.0927. The van der Waals surface area contributed by atoms with E-state index in [2.05, 4.69) is 25.9 Å².